The van der Waals surface area contributed by atoms with E-state index in [0.717, 1.165) is 0 Å². The summed E-state index contributed by atoms with van der Waals surface area (Å²) in [5.74, 6) is -0.544. The van der Waals surface area contributed by atoms with Crippen LogP contribution in [-0.4, -0.2) is 23.1 Å². The van der Waals surface area contributed by atoms with Crippen LogP contribution in [-0.2, 0) is 0 Å². The molecule has 2 N–H and O–H groups in total. The van der Waals surface area contributed by atoms with Gasteiger partial charge in [-0.1, -0.05) is 30.3 Å². The molecule has 2 aromatic carbocycles. The van der Waals surface area contributed by atoms with Gasteiger partial charge in [-0.25, -0.2) is 0 Å². The highest BCUT2D eigenvalue weighted by molar-refractivity contribution is 6.06. The van der Waals surface area contributed by atoms with Gasteiger partial charge in [0.15, 0.2) is 17.3 Å². The molecule has 102 valence electrons. The first-order valence-electron chi connectivity index (χ1n) is 6.00. The minimum absolute atomic E-state index is 0.0145. The number of benzene rings is 2. The zero-order valence-corrected chi connectivity index (χ0v) is 10.9. The predicted molar refractivity (Wildman–Crippen MR) is 76.1 cm³/mol. The summed E-state index contributed by atoms with van der Waals surface area (Å²) < 4.78 is 4.89. The number of aromatic hydroxyl groups is 2. The molecule has 0 spiro atoms. The fraction of sp³-hybridized carbons (Fsp3) is 0.0625. The third-order valence-corrected chi connectivity index (χ3v) is 2.82. The largest absolute Gasteiger partial charge is 0.504 e. The number of carbonyl (C=O) groups is 1. The Kier molecular flexibility index (Phi) is 4.05. The Bertz CT molecular complexity index is 645. The molecular weight excluding hydrogens is 256 g/mol. The summed E-state index contributed by atoms with van der Waals surface area (Å²) in [6.45, 7) is 0. The van der Waals surface area contributed by atoms with Gasteiger partial charge in [0.05, 0.1) is 7.11 Å². The standard InChI is InChI=1S/C16H14O4/c1-20-16-14(18)10-8-12(15(16)19)7-9-13(17)11-5-3-2-4-6-11/h2-10,18-19H,1H3/b9-7+. The monoisotopic (exact) mass is 270 g/mol. The maximum atomic E-state index is 11.9. The molecule has 0 bridgehead atoms. The lowest BCUT2D eigenvalue weighted by Crippen LogP contribution is -1.93. The molecule has 0 aliphatic carbocycles. The molecule has 0 fully saturated rings. The topological polar surface area (TPSA) is 66.8 Å². The Morgan fingerprint density at radius 3 is 2.45 bits per heavy atom. The average Bonchev–Trinajstić information content (AvgIpc) is 2.47. The second-order valence-electron chi connectivity index (χ2n) is 4.12. The van der Waals surface area contributed by atoms with Crippen molar-refractivity contribution in [3.05, 3.63) is 59.7 Å². The maximum Gasteiger partial charge on any atom is 0.203 e. The van der Waals surface area contributed by atoms with Gasteiger partial charge >= 0.3 is 0 Å². The van der Waals surface area contributed by atoms with Gasteiger partial charge in [-0.3, -0.25) is 4.79 Å². The van der Waals surface area contributed by atoms with Crippen LogP contribution in [0.4, 0.5) is 0 Å². The minimum atomic E-state index is -0.204. The number of rotatable bonds is 4. The van der Waals surface area contributed by atoms with Crippen LogP contribution in [0.3, 0.4) is 0 Å². The van der Waals surface area contributed by atoms with Crippen LogP contribution < -0.4 is 4.74 Å². The normalized spacial score (nSPS) is 10.7. The van der Waals surface area contributed by atoms with Crippen molar-refractivity contribution in [2.75, 3.05) is 7.11 Å². The molecule has 0 unspecified atom stereocenters. The number of hydrogen-bond acceptors (Lipinski definition) is 4. The molecule has 0 amide bonds. The predicted octanol–water partition coefficient (Wildman–Crippen LogP) is 3.00. The van der Waals surface area contributed by atoms with E-state index in [1.54, 1.807) is 24.3 Å². The van der Waals surface area contributed by atoms with E-state index in [1.807, 2.05) is 6.07 Å². The van der Waals surface area contributed by atoms with Crippen molar-refractivity contribution in [3.8, 4) is 17.2 Å². The van der Waals surface area contributed by atoms with E-state index < -0.39 is 0 Å². The van der Waals surface area contributed by atoms with E-state index in [0.29, 0.717) is 11.1 Å². The first-order chi connectivity index (χ1) is 9.63. The number of ether oxygens (including phenoxy) is 1. The van der Waals surface area contributed by atoms with Crippen molar-refractivity contribution < 1.29 is 19.7 Å². The molecule has 0 saturated heterocycles. The Balaban J connectivity index is 2.27. The highest BCUT2D eigenvalue weighted by Crippen LogP contribution is 2.38. The molecule has 2 rings (SSSR count). The van der Waals surface area contributed by atoms with Crippen LogP contribution in [0.5, 0.6) is 17.2 Å². The average molecular weight is 270 g/mol. The number of phenolic OH excluding ortho intramolecular Hbond substituents is 2. The molecule has 0 aliphatic heterocycles. The highest BCUT2D eigenvalue weighted by Gasteiger charge is 2.11. The van der Waals surface area contributed by atoms with Crippen molar-refractivity contribution in [3.63, 3.8) is 0 Å². The Morgan fingerprint density at radius 2 is 1.80 bits per heavy atom. The Hall–Kier alpha value is -2.75. The number of phenols is 2. The number of methoxy groups -OCH3 is 1. The second kappa shape index (κ2) is 5.93. The first kappa shape index (κ1) is 13.7. The maximum absolute atomic E-state index is 11.9. The number of ketones is 1. The third kappa shape index (κ3) is 2.80. The number of carbonyl (C=O) groups excluding carboxylic acids is 1. The zero-order valence-electron chi connectivity index (χ0n) is 10.9. The van der Waals surface area contributed by atoms with Crippen LogP contribution in [0.15, 0.2) is 48.5 Å². The summed E-state index contributed by atoms with van der Waals surface area (Å²) in [4.78, 5) is 11.9. The lowest BCUT2D eigenvalue weighted by Gasteiger charge is -2.07. The SMILES string of the molecule is COc1c(O)ccc(/C=C/C(=O)c2ccccc2)c1O. The fourth-order valence-electron chi connectivity index (χ4n) is 1.78. The Labute approximate surface area is 116 Å². The second-order valence-corrected chi connectivity index (χ2v) is 4.12. The molecule has 0 radical (unpaired) electrons. The van der Waals surface area contributed by atoms with Gasteiger partial charge in [0.2, 0.25) is 5.75 Å². The fourth-order valence-corrected chi connectivity index (χ4v) is 1.78. The van der Waals surface area contributed by atoms with Crippen molar-refractivity contribution >= 4 is 11.9 Å². The molecular formula is C16H14O4. The number of allylic oxidation sites excluding steroid dienone is 1. The summed E-state index contributed by atoms with van der Waals surface area (Å²) in [5, 5.41) is 19.4. The summed E-state index contributed by atoms with van der Waals surface area (Å²) in [5.41, 5.74) is 0.956. The minimum Gasteiger partial charge on any atom is -0.504 e. The van der Waals surface area contributed by atoms with Crippen LogP contribution >= 0.6 is 0 Å². The van der Waals surface area contributed by atoms with Gasteiger partial charge in [0.1, 0.15) is 0 Å². The molecule has 4 heteroatoms. The van der Waals surface area contributed by atoms with E-state index in [2.05, 4.69) is 0 Å². The molecule has 4 nitrogen and oxygen atoms in total. The van der Waals surface area contributed by atoms with Gasteiger partial charge < -0.3 is 14.9 Å². The molecule has 20 heavy (non-hydrogen) atoms. The van der Waals surface area contributed by atoms with Gasteiger partial charge in [-0.05, 0) is 24.3 Å². The molecule has 0 aliphatic rings. The van der Waals surface area contributed by atoms with Crippen molar-refractivity contribution in [1.82, 2.24) is 0 Å². The lowest BCUT2D eigenvalue weighted by atomic mass is 10.1. The summed E-state index contributed by atoms with van der Waals surface area (Å²) in [6.07, 6.45) is 2.84. The van der Waals surface area contributed by atoms with Crippen molar-refractivity contribution in [2.24, 2.45) is 0 Å². The summed E-state index contributed by atoms with van der Waals surface area (Å²) >= 11 is 0. The zero-order chi connectivity index (χ0) is 14.5. The summed E-state index contributed by atoms with van der Waals surface area (Å²) in [7, 11) is 1.34. The van der Waals surface area contributed by atoms with Crippen LogP contribution in [0, 0.1) is 0 Å². The van der Waals surface area contributed by atoms with Gasteiger partial charge in [0, 0.05) is 11.1 Å². The van der Waals surface area contributed by atoms with E-state index in [1.165, 1.54) is 31.4 Å². The van der Waals surface area contributed by atoms with Crippen molar-refractivity contribution in [1.29, 1.82) is 0 Å². The van der Waals surface area contributed by atoms with Gasteiger partial charge in [0.25, 0.3) is 0 Å². The van der Waals surface area contributed by atoms with E-state index in [9.17, 15) is 15.0 Å². The smallest absolute Gasteiger partial charge is 0.203 e. The lowest BCUT2D eigenvalue weighted by molar-refractivity contribution is 0.104. The van der Waals surface area contributed by atoms with Gasteiger partial charge in [-0.2, -0.15) is 0 Å². The molecule has 0 aromatic heterocycles. The first-order valence-corrected chi connectivity index (χ1v) is 6.00. The highest BCUT2D eigenvalue weighted by atomic mass is 16.5. The van der Waals surface area contributed by atoms with E-state index >= 15 is 0 Å². The number of hydrogen-bond donors (Lipinski definition) is 2. The van der Waals surface area contributed by atoms with Crippen molar-refractivity contribution in [2.45, 2.75) is 0 Å². The van der Waals surface area contributed by atoms with E-state index in [-0.39, 0.29) is 23.0 Å². The van der Waals surface area contributed by atoms with Crippen LogP contribution in [0.25, 0.3) is 6.08 Å². The van der Waals surface area contributed by atoms with Crippen LogP contribution in [0.1, 0.15) is 15.9 Å². The summed E-state index contributed by atoms with van der Waals surface area (Å²) in [6, 6.07) is 11.7. The molecule has 0 atom stereocenters. The van der Waals surface area contributed by atoms with E-state index in [4.69, 9.17) is 4.74 Å². The molecule has 0 saturated carbocycles. The molecule has 0 heterocycles. The molecule has 2 aromatic rings. The quantitative estimate of drug-likeness (QED) is 0.662. The van der Waals surface area contributed by atoms with Gasteiger partial charge in [-0.15, -0.1) is 0 Å². The Morgan fingerprint density at radius 1 is 1.10 bits per heavy atom. The third-order valence-electron chi connectivity index (χ3n) is 2.82. The van der Waals surface area contributed by atoms with Crippen LogP contribution in [0.2, 0.25) is 0 Å².